The molecule has 5 heteroatoms. The van der Waals surface area contributed by atoms with Crippen molar-refractivity contribution in [2.24, 2.45) is 5.73 Å². The highest BCUT2D eigenvalue weighted by Gasteiger charge is 2.14. The fourth-order valence-corrected chi connectivity index (χ4v) is 2.97. The summed E-state index contributed by atoms with van der Waals surface area (Å²) in [6.45, 7) is 1.19. The minimum absolute atomic E-state index is 0.0179. The summed E-state index contributed by atoms with van der Waals surface area (Å²) in [5, 5.41) is 1.20. The molecule has 0 saturated heterocycles. The molecule has 2 aromatic carbocycles. The standard InChI is InChI=1S/C20H23N3O2/c1-25-17-8-6-15(7-9-17)14-23(20(24)12-21)11-10-16-13-22-19-5-3-2-4-18(16)19/h2-9,13,22H,10-12,14,21H2,1H3. The van der Waals surface area contributed by atoms with Gasteiger partial charge in [-0.1, -0.05) is 30.3 Å². The number of benzene rings is 2. The third kappa shape index (κ3) is 4.00. The first-order chi connectivity index (χ1) is 12.2. The normalized spacial score (nSPS) is 10.8. The molecule has 3 rings (SSSR count). The first-order valence-electron chi connectivity index (χ1n) is 8.37. The highest BCUT2D eigenvalue weighted by atomic mass is 16.5. The van der Waals surface area contributed by atoms with E-state index in [1.54, 1.807) is 7.11 Å². The van der Waals surface area contributed by atoms with Crippen LogP contribution in [0.5, 0.6) is 5.75 Å². The van der Waals surface area contributed by atoms with Gasteiger partial charge in [-0.25, -0.2) is 0 Å². The number of fused-ring (bicyclic) bond motifs is 1. The first kappa shape index (κ1) is 17.0. The predicted molar refractivity (Wildman–Crippen MR) is 99.5 cm³/mol. The van der Waals surface area contributed by atoms with Crippen LogP contribution in [0.3, 0.4) is 0 Å². The Morgan fingerprint density at radius 1 is 1.16 bits per heavy atom. The molecule has 25 heavy (non-hydrogen) atoms. The fourth-order valence-electron chi connectivity index (χ4n) is 2.97. The fraction of sp³-hybridized carbons (Fsp3) is 0.250. The molecule has 0 atom stereocenters. The number of amides is 1. The molecular weight excluding hydrogens is 314 g/mol. The molecule has 0 unspecified atom stereocenters. The van der Waals surface area contributed by atoms with Crippen molar-refractivity contribution in [3.8, 4) is 5.75 Å². The lowest BCUT2D eigenvalue weighted by Crippen LogP contribution is -2.36. The molecule has 3 aromatic rings. The summed E-state index contributed by atoms with van der Waals surface area (Å²) in [5.74, 6) is 0.759. The second-order valence-electron chi connectivity index (χ2n) is 5.98. The third-order valence-electron chi connectivity index (χ3n) is 4.39. The molecule has 0 spiro atoms. The molecule has 0 saturated carbocycles. The number of aromatic nitrogens is 1. The van der Waals surface area contributed by atoms with E-state index in [0.29, 0.717) is 13.1 Å². The topological polar surface area (TPSA) is 71.3 Å². The van der Waals surface area contributed by atoms with Gasteiger partial charge < -0.3 is 20.4 Å². The Bertz CT molecular complexity index is 840. The largest absolute Gasteiger partial charge is 0.497 e. The van der Waals surface area contributed by atoms with E-state index >= 15 is 0 Å². The molecule has 3 N–H and O–H groups in total. The Kier molecular flexibility index (Phi) is 5.36. The monoisotopic (exact) mass is 337 g/mol. The summed E-state index contributed by atoms with van der Waals surface area (Å²) in [6, 6.07) is 15.9. The number of hydrogen-bond acceptors (Lipinski definition) is 3. The number of aromatic amines is 1. The molecule has 5 nitrogen and oxygen atoms in total. The Labute approximate surface area is 147 Å². The van der Waals surface area contributed by atoms with Crippen LogP contribution >= 0.6 is 0 Å². The summed E-state index contributed by atoms with van der Waals surface area (Å²) in [6.07, 6.45) is 2.80. The van der Waals surface area contributed by atoms with E-state index in [0.717, 1.165) is 23.3 Å². The van der Waals surface area contributed by atoms with Crippen molar-refractivity contribution in [3.05, 3.63) is 65.9 Å². The van der Waals surface area contributed by atoms with Crippen molar-refractivity contribution < 1.29 is 9.53 Å². The maximum absolute atomic E-state index is 12.2. The van der Waals surface area contributed by atoms with E-state index in [2.05, 4.69) is 17.1 Å². The molecule has 0 fully saturated rings. The average molecular weight is 337 g/mol. The number of carbonyl (C=O) groups excluding carboxylic acids is 1. The minimum atomic E-state index is -0.0457. The number of carbonyl (C=O) groups is 1. The number of para-hydroxylation sites is 1. The summed E-state index contributed by atoms with van der Waals surface area (Å²) in [7, 11) is 1.64. The number of nitrogens with two attached hydrogens (primary N) is 1. The highest BCUT2D eigenvalue weighted by Crippen LogP contribution is 2.19. The number of H-pyrrole nitrogens is 1. The molecule has 0 aliphatic heterocycles. The molecule has 1 heterocycles. The minimum Gasteiger partial charge on any atom is -0.497 e. The van der Waals surface area contributed by atoms with Crippen molar-refractivity contribution in [1.82, 2.24) is 9.88 Å². The zero-order valence-corrected chi connectivity index (χ0v) is 14.4. The van der Waals surface area contributed by atoms with Gasteiger partial charge in [-0.3, -0.25) is 4.79 Å². The summed E-state index contributed by atoms with van der Waals surface area (Å²) < 4.78 is 5.18. The second kappa shape index (κ2) is 7.85. The van der Waals surface area contributed by atoms with Crippen molar-refractivity contribution >= 4 is 16.8 Å². The van der Waals surface area contributed by atoms with Crippen LogP contribution in [-0.2, 0) is 17.8 Å². The summed E-state index contributed by atoms with van der Waals surface area (Å²) in [5.41, 5.74) is 8.97. The number of methoxy groups -OCH3 is 1. The van der Waals surface area contributed by atoms with Crippen LogP contribution in [-0.4, -0.2) is 36.0 Å². The van der Waals surface area contributed by atoms with Gasteiger partial charge in [-0.15, -0.1) is 0 Å². The third-order valence-corrected chi connectivity index (χ3v) is 4.39. The number of nitrogens with one attached hydrogen (secondary N) is 1. The molecule has 0 aliphatic rings. The zero-order chi connectivity index (χ0) is 17.6. The van der Waals surface area contributed by atoms with Gasteiger partial charge in [0.15, 0.2) is 0 Å². The highest BCUT2D eigenvalue weighted by molar-refractivity contribution is 5.83. The predicted octanol–water partition coefficient (Wildman–Crippen LogP) is 2.71. The van der Waals surface area contributed by atoms with Gasteiger partial charge in [0.25, 0.3) is 0 Å². The maximum atomic E-state index is 12.2. The van der Waals surface area contributed by atoms with Gasteiger partial charge in [0.05, 0.1) is 13.7 Å². The summed E-state index contributed by atoms with van der Waals surface area (Å²) in [4.78, 5) is 17.3. The van der Waals surface area contributed by atoms with Crippen molar-refractivity contribution in [2.45, 2.75) is 13.0 Å². The molecule has 1 aromatic heterocycles. The lowest BCUT2D eigenvalue weighted by molar-refractivity contribution is -0.130. The maximum Gasteiger partial charge on any atom is 0.236 e. The lowest BCUT2D eigenvalue weighted by Gasteiger charge is -2.22. The molecule has 0 radical (unpaired) electrons. The van der Waals surface area contributed by atoms with Crippen LogP contribution in [0.2, 0.25) is 0 Å². The van der Waals surface area contributed by atoms with Crippen molar-refractivity contribution in [3.63, 3.8) is 0 Å². The van der Waals surface area contributed by atoms with Crippen LogP contribution in [0.25, 0.3) is 10.9 Å². The van der Waals surface area contributed by atoms with Gasteiger partial charge in [-0.05, 0) is 35.7 Å². The molecule has 0 bridgehead atoms. The summed E-state index contributed by atoms with van der Waals surface area (Å²) >= 11 is 0. The van der Waals surface area contributed by atoms with E-state index in [-0.39, 0.29) is 12.5 Å². The Hall–Kier alpha value is -2.79. The van der Waals surface area contributed by atoms with E-state index in [9.17, 15) is 4.79 Å². The van der Waals surface area contributed by atoms with Crippen LogP contribution in [0.1, 0.15) is 11.1 Å². The number of hydrogen-bond donors (Lipinski definition) is 2. The Morgan fingerprint density at radius 3 is 2.64 bits per heavy atom. The van der Waals surface area contributed by atoms with E-state index in [4.69, 9.17) is 10.5 Å². The van der Waals surface area contributed by atoms with Gasteiger partial charge in [0.1, 0.15) is 5.75 Å². The van der Waals surface area contributed by atoms with Crippen molar-refractivity contribution in [1.29, 1.82) is 0 Å². The van der Waals surface area contributed by atoms with Gasteiger partial charge in [0.2, 0.25) is 5.91 Å². The van der Waals surface area contributed by atoms with E-state index < -0.39 is 0 Å². The van der Waals surface area contributed by atoms with E-state index in [1.165, 1.54) is 10.9 Å². The smallest absolute Gasteiger partial charge is 0.236 e. The molecular formula is C20H23N3O2. The quantitative estimate of drug-likeness (QED) is 0.696. The van der Waals surface area contributed by atoms with Gasteiger partial charge in [-0.2, -0.15) is 0 Å². The second-order valence-corrected chi connectivity index (χ2v) is 5.98. The van der Waals surface area contributed by atoms with E-state index in [1.807, 2.05) is 47.5 Å². The number of ether oxygens (including phenoxy) is 1. The van der Waals surface area contributed by atoms with Gasteiger partial charge in [0, 0.05) is 30.2 Å². The average Bonchev–Trinajstić information content (AvgIpc) is 3.08. The Morgan fingerprint density at radius 2 is 1.92 bits per heavy atom. The zero-order valence-electron chi connectivity index (χ0n) is 14.4. The van der Waals surface area contributed by atoms with Crippen LogP contribution < -0.4 is 10.5 Å². The molecule has 1 amide bonds. The number of nitrogens with zero attached hydrogens (tertiary/aromatic N) is 1. The van der Waals surface area contributed by atoms with Crippen LogP contribution in [0, 0.1) is 0 Å². The Balaban J connectivity index is 1.71. The van der Waals surface area contributed by atoms with Crippen LogP contribution in [0.15, 0.2) is 54.7 Å². The van der Waals surface area contributed by atoms with Crippen LogP contribution in [0.4, 0.5) is 0 Å². The molecule has 0 aliphatic carbocycles. The lowest BCUT2D eigenvalue weighted by atomic mass is 10.1. The first-order valence-corrected chi connectivity index (χ1v) is 8.37. The molecule has 130 valence electrons. The van der Waals surface area contributed by atoms with Crippen molar-refractivity contribution in [2.75, 3.05) is 20.2 Å². The number of rotatable bonds is 7. The van der Waals surface area contributed by atoms with Gasteiger partial charge >= 0.3 is 0 Å². The SMILES string of the molecule is COc1ccc(CN(CCc2c[nH]c3ccccc23)C(=O)CN)cc1.